The molecule has 3 aliphatic rings. The zero-order chi connectivity index (χ0) is 27.9. The number of fused-ring (bicyclic) bond motifs is 3. The molecule has 39 heavy (non-hydrogen) atoms. The predicted octanol–water partition coefficient (Wildman–Crippen LogP) is 4.88. The zero-order valence-corrected chi connectivity index (χ0v) is 23.9. The Balaban J connectivity index is 1.50. The van der Waals surface area contributed by atoms with E-state index in [0.717, 1.165) is 39.3 Å². The number of hydrogen-bond donors (Lipinski definition) is 0. The van der Waals surface area contributed by atoms with Crippen LogP contribution in [0.5, 0.6) is 11.5 Å². The first-order chi connectivity index (χ1) is 18.7. The smallest absolute Gasteiger partial charge is 0.325 e. The van der Waals surface area contributed by atoms with E-state index in [2.05, 4.69) is 19.1 Å². The van der Waals surface area contributed by atoms with Gasteiger partial charge in [0.2, 0.25) is 0 Å². The van der Waals surface area contributed by atoms with E-state index >= 15 is 0 Å². The van der Waals surface area contributed by atoms with Gasteiger partial charge in [-0.15, -0.1) is 0 Å². The average Bonchev–Trinajstić information content (AvgIpc) is 3.02. The van der Waals surface area contributed by atoms with E-state index in [9.17, 15) is 9.59 Å². The molecule has 0 saturated carbocycles. The number of aryl methyl sites for hydroxylation is 2. The van der Waals surface area contributed by atoms with Gasteiger partial charge in [0.25, 0.3) is 5.91 Å². The van der Waals surface area contributed by atoms with Crippen molar-refractivity contribution in [3.05, 3.63) is 69.9 Å². The van der Waals surface area contributed by atoms with Gasteiger partial charge in [-0.3, -0.25) is 9.69 Å². The Morgan fingerprint density at radius 1 is 1.00 bits per heavy atom. The topological polar surface area (TPSA) is 71.6 Å². The molecule has 0 aliphatic carbocycles. The Morgan fingerprint density at radius 2 is 1.69 bits per heavy atom. The highest BCUT2D eigenvalue weighted by molar-refractivity contribution is 5.95. The van der Waals surface area contributed by atoms with E-state index in [-0.39, 0.29) is 17.9 Å². The molecule has 3 amide bonds. The van der Waals surface area contributed by atoms with E-state index in [1.807, 2.05) is 52.8 Å². The number of hydrogen-bond acceptors (Lipinski definition) is 5. The normalized spacial score (nSPS) is 19.9. The van der Waals surface area contributed by atoms with Crippen molar-refractivity contribution in [1.29, 1.82) is 0 Å². The summed E-state index contributed by atoms with van der Waals surface area (Å²) in [7, 11) is 4.97. The Hall–Kier alpha value is -3.52. The Kier molecular flexibility index (Phi) is 7.33. The first-order valence-electron chi connectivity index (χ1n) is 13.6. The van der Waals surface area contributed by atoms with Crippen LogP contribution in [0.3, 0.4) is 0 Å². The van der Waals surface area contributed by atoms with Gasteiger partial charge in [-0.05, 0) is 50.5 Å². The number of allylic oxidation sites excluding steroid dienone is 1. The Bertz CT molecular complexity index is 1290. The molecule has 2 aromatic carbocycles. The summed E-state index contributed by atoms with van der Waals surface area (Å²) in [6.45, 7) is 8.73. The molecule has 1 atom stereocenters. The molecule has 2 aromatic rings. The van der Waals surface area contributed by atoms with Gasteiger partial charge in [0.1, 0.15) is 11.5 Å². The van der Waals surface area contributed by atoms with Crippen LogP contribution in [0.1, 0.15) is 58.3 Å². The predicted molar refractivity (Wildman–Crippen MR) is 149 cm³/mol. The van der Waals surface area contributed by atoms with Crippen LogP contribution in [0, 0.1) is 13.8 Å². The molecule has 8 heteroatoms. The number of piperidine rings is 1. The number of carbonyl (C=O) groups is 2. The van der Waals surface area contributed by atoms with Gasteiger partial charge in [0, 0.05) is 55.6 Å². The molecular weight excluding hydrogens is 494 g/mol. The number of urea groups is 1. The fraction of sp³-hybridized carbons (Fsp3) is 0.484. The molecule has 1 unspecified atom stereocenters. The van der Waals surface area contributed by atoms with Gasteiger partial charge in [0.15, 0.2) is 0 Å². The number of carbonyl (C=O) groups excluding carboxylic acids is 2. The van der Waals surface area contributed by atoms with Crippen molar-refractivity contribution in [3.8, 4) is 11.5 Å². The SMILES string of the molecule is COCCN1C(=O)N2Cc3cc(OC)cc(OC)c3C(C)C=C2C12CCN(C(=O)c1cc(C)cc(C)c1)CC2. The van der Waals surface area contributed by atoms with Crippen LogP contribution in [-0.2, 0) is 11.3 Å². The number of ether oxygens (including phenoxy) is 3. The third kappa shape index (κ3) is 4.65. The molecule has 8 nitrogen and oxygen atoms in total. The van der Waals surface area contributed by atoms with Crippen molar-refractivity contribution < 1.29 is 23.8 Å². The van der Waals surface area contributed by atoms with Gasteiger partial charge in [0.05, 0.1) is 32.9 Å². The summed E-state index contributed by atoms with van der Waals surface area (Å²) in [6, 6.07) is 9.89. The first-order valence-corrected chi connectivity index (χ1v) is 13.6. The van der Waals surface area contributed by atoms with Gasteiger partial charge in [-0.25, -0.2) is 4.79 Å². The van der Waals surface area contributed by atoms with Crippen molar-refractivity contribution in [2.24, 2.45) is 0 Å². The maximum Gasteiger partial charge on any atom is 0.325 e. The fourth-order valence-corrected chi connectivity index (χ4v) is 6.68. The van der Waals surface area contributed by atoms with Crippen molar-refractivity contribution in [2.75, 3.05) is 47.6 Å². The van der Waals surface area contributed by atoms with E-state index in [0.29, 0.717) is 51.4 Å². The average molecular weight is 534 g/mol. The highest BCUT2D eigenvalue weighted by Gasteiger charge is 2.55. The lowest BCUT2D eigenvalue weighted by molar-refractivity contribution is 0.0514. The minimum atomic E-state index is -0.497. The summed E-state index contributed by atoms with van der Waals surface area (Å²) in [6.07, 6.45) is 3.57. The van der Waals surface area contributed by atoms with Gasteiger partial charge in [-0.2, -0.15) is 0 Å². The second kappa shape index (κ2) is 10.6. The number of amides is 3. The van der Waals surface area contributed by atoms with Gasteiger partial charge in [-0.1, -0.05) is 30.2 Å². The van der Waals surface area contributed by atoms with E-state index in [4.69, 9.17) is 14.2 Å². The van der Waals surface area contributed by atoms with E-state index < -0.39 is 5.54 Å². The van der Waals surface area contributed by atoms with Crippen LogP contribution >= 0.6 is 0 Å². The van der Waals surface area contributed by atoms with Crippen LogP contribution in [0.4, 0.5) is 4.79 Å². The standard InChI is InChI=1S/C31H39N3O5/c1-20-13-21(2)15-23(14-20)29(35)32-9-7-31(8-10-32)27-16-22(3)28-24(17-25(38-5)18-26(28)39-6)19-33(27)30(36)34(31)11-12-37-4/h13-18,22H,7-12,19H2,1-6H3. The number of methoxy groups -OCH3 is 3. The van der Waals surface area contributed by atoms with Crippen LogP contribution < -0.4 is 9.47 Å². The van der Waals surface area contributed by atoms with Gasteiger partial charge < -0.3 is 24.0 Å². The molecule has 0 bridgehead atoms. The summed E-state index contributed by atoms with van der Waals surface area (Å²) >= 11 is 0. The minimum Gasteiger partial charge on any atom is -0.497 e. The Morgan fingerprint density at radius 3 is 2.31 bits per heavy atom. The highest BCUT2D eigenvalue weighted by atomic mass is 16.5. The molecule has 0 radical (unpaired) electrons. The maximum absolute atomic E-state index is 14.0. The molecule has 5 rings (SSSR count). The third-order valence-electron chi connectivity index (χ3n) is 8.46. The monoisotopic (exact) mass is 533 g/mol. The summed E-state index contributed by atoms with van der Waals surface area (Å²) in [5.41, 5.74) is 5.51. The fourth-order valence-electron chi connectivity index (χ4n) is 6.68. The second-order valence-electron chi connectivity index (χ2n) is 11.0. The lowest BCUT2D eigenvalue weighted by atomic mass is 9.81. The van der Waals surface area contributed by atoms with E-state index in [1.54, 1.807) is 21.3 Å². The van der Waals surface area contributed by atoms with Crippen molar-refractivity contribution in [1.82, 2.24) is 14.7 Å². The highest BCUT2D eigenvalue weighted by Crippen LogP contribution is 2.49. The van der Waals surface area contributed by atoms with Crippen molar-refractivity contribution in [2.45, 2.75) is 51.6 Å². The number of benzene rings is 2. The molecule has 2 saturated heterocycles. The molecule has 2 fully saturated rings. The molecule has 0 aromatic heterocycles. The maximum atomic E-state index is 14.0. The summed E-state index contributed by atoms with van der Waals surface area (Å²) in [5, 5.41) is 0. The van der Waals surface area contributed by atoms with Crippen LogP contribution in [-0.4, -0.2) is 79.7 Å². The van der Waals surface area contributed by atoms with Crippen molar-refractivity contribution >= 4 is 11.9 Å². The number of likely N-dealkylation sites (tertiary alicyclic amines) is 1. The molecular formula is C31H39N3O5. The number of nitrogens with zero attached hydrogens (tertiary/aromatic N) is 3. The summed E-state index contributed by atoms with van der Waals surface area (Å²) in [4.78, 5) is 33.3. The zero-order valence-electron chi connectivity index (χ0n) is 23.9. The van der Waals surface area contributed by atoms with Crippen LogP contribution in [0.15, 0.2) is 42.1 Å². The molecule has 3 heterocycles. The van der Waals surface area contributed by atoms with Crippen LogP contribution in [0.25, 0.3) is 0 Å². The van der Waals surface area contributed by atoms with Crippen molar-refractivity contribution in [3.63, 3.8) is 0 Å². The first kappa shape index (κ1) is 27.1. The summed E-state index contributed by atoms with van der Waals surface area (Å²) in [5.74, 6) is 1.55. The molecule has 1 spiro atoms. The largest absolute Gasteiger partial charge is 0.497 e. The summed E-state index contributed by atoms with van der Waals surface area (Å²) < 4.78 is 16.7. The van der Waals surface area contributed by atoms with Gasteiger partial charge >= 0.3 is 6.03 Å². The minimum absolute atomic E-state index is 0.0192. The Labute approximate surface area is 231 Å². The lowest BCUT2D eigenvalue weighted by Crippen LogP contribution is -2.55. The van der Waals surface area contributed by atoms with Crippen LogP contribution in [0.2, 0.25) is 0 Å². The quantitative estimate of drug-likeness (QED) is 0.529. The molecule has 3 aliphatic heterocycles. The lowest BCUT2D eigenvalue weighted by Gasteiger charge is -2.44. The second-order valence-corrected chi connectivity index (χ2v) is 11.0. The van der Waals surface area contributed by atoms with E-state index in [1.165, 1.54) is 0 Å². The molecule has 208 valence electrons. The number of rotatable bonds is 6. The third-order valence-corrected chi connectivity index (χ3v) is 8.46. The molecule has 0 N–H and O–H groups in total.